The molecule has 0 aliphatic rings. The molecule has 0 aliphatic heterocycles. The lowest BCUT2D eigenvalue weighted by Gasteiger charge is -2.22. The molecule has 1 amide bonds. The minimum atomic E-state index is -3.72. The molecular formula is C23H24N2O3S. The van der Waals surface area contributed by atoms with Crippen molar-refractivity contribution < 1.29 is 13.2 Å². The number of nitrogens with one attached hydrogen (secondary N) is 1. The summed E-state index contributed by atoms with van der Waals surface area (Å²) in [4.78, 5) is 12.9. The third kappa shape index (κ3) is 4.49. The molecule has 3 aromatic rings. The fourth-order valence-corrected chi connectivity index (χ4v) is 4.27. The largest absolute Gasteiger partial charge is 0.322 e. The molecule has 0 atom stereocenters. The first kappa shape index (κ1) is 20.6. The number of benzene rings is 3. The molecule has 6 heteroatoms. The van der Waals surface area contributed by atoms with Crippen LogP contribution in [0, 0.1) is 6.92 Å². The number of hydrogen-bond donors (Lipinski definition) is 1. The summed E-state index contributed by atoms with van der Waals surface area (Å²) in [5.74, 6) is -0.291. The second kappa shape index (κ2) is 8.49. The number of aryl methyl sites for hydroxylation is 2. The van der Waals surface area contributed by atoms with Crippen LogP contribution in [0.25, 0.3) is 0 Å². The molecule has 0 spiro atoms. The Balaban J connectivity index is 1.88. The van der Waals surface area contributed by atoms with Gasteiger partial charge in [-0.3, -0.25) is 9.10 Å². The quantitative estimate of drug-likeness (QED) is 0.646. The lowest BCUT2D eigenvalue weighted by Crippen LogP contribution is -2.27. The van der Waals surface area contributed by atoms with Gasteiger partial charge in [-0.1, -0.05) is 43.3 Å². The van der Waals surface area contributed by atoms with Crippen molar-refractivity contribution in [2.75, 3.05) is 16.7 Å². The van der Waals surface area contributed by atoms with E-state index in [1.807, 2.05) is 31.2 Å². The van der Waals surface area contributed by atoms with Crippen molar-refractivity contribution in [2.45, 2.75) is 25.2 Å². The number of hydrogen-bond acceptors (Lipinski definition) is 3. The summed E-state index contributed by atoms with van der Waals surface area (Å²) in [7, 11) is -2.23. The molecule has 0 fully saturated rings. The van der Waals surface area contributed by atoms with Crippen molar-refractivity contribution in [3.63, 3.8) is 0 Å². The predicted molar refractivity (Wildman–Crippen MR) is 117 cm³/mol. The Morgan fingerprint density at radius 1 is 0.966 bits per heavy atom. The Hall–Kier alpha value is -3.12. The number of sulfonamides is 1. The summed E-state index contributed by atoms with van der Waals surface area (Å²) in [6, 6.07) is 20.9. The maximum absolute atomic E-state index is 12.9. The van der Waals surface area contributed by atoms with Crippen LogP contribution in [-0.2, 0) is 16.4 Å². The standard InChI is InChI=1S/C23H24N2O3S/c1-4-18-11-14-20(15-12-18)24-23(26)19-13-10-17(2)22(16-19)25(3)29(27,28)21-8-6-5-7-9-21/h5-16H,4H2,1-3H3,(H,24,26). The Morgan fingerprint density at radius 3 is 2.24 bits per heavy atom. The summed E-state index contributed by atoms with van der Waals surface area (Å²) in [5.41, 5.74) is 3.49. The third-order valence-electron chi connectivity index (χ3n) is 4.83. The fraction of sp³-hybridized carbons (Fsp3) is 0.174. The molecule has 0 saturated carbocycles. The van der Waals surface area contributed by atoms with Crippen LogP contribution < -0.4 is 9.62 Å². The molecular weight excluding hydrogens is 384 g/mol. The van der Waals surface area contributed by atoms with Crippen LogP contribution >= 0.6 is 0 Å². The first-order valence-corrected chi connectivity index (χ1v) is 10.8. The van der Waals surface area contributed by atoms with Crippen LogP contribution in [0.5, 0.6) is 0 Å². The van der Waals surface area contributed by atoms with Crippen molar-refractivity contribution >= 4 is 27.3 Å². The molecule has 0 radical (unpaired) electrons. The molecule has 0 aliphatic carbocycles. The summed E-state index contributed by atoms with van der Waals surface area (Å²) in [6.45, 7) is 3.89. The lowest BCUT2D eigenvalue weighted by molar-refractivity contribution is 0.102. The molecule has 0 aromatic heterocycles. The number of carbonyl (C=O) groups excluding carboxylic acids is 1. The highest BCUT2D eigenvalue weighted by molar-refractivity contribution is 7.92. The number of carbonyl (C=O) groups is 1. The van der Waals surface area contributed by atoms with Gasteiger partial charge in [-0.15, -0.1) is 0 Å². The first-order chi connectivity index (χ1) is 13.8. The van der Waals surface area contributed by atoms with E-state index >= 15 is 0 Å². The zero-order chi connectivity index (χ0) is 21.0. The van der Waals surface area contributed by atoms with Gasteiger partial charge in [0.1, 0.15) is 0 Å². The van der Waals surface area contributed by atoms with E-state index in [0.29, 0.717) is 16.9 Å². The zero-order valence-corrected chi connectivity index (χ0v) is 17.5. The summed E-state index contributed by atoms with van der Waals surface area (Å²) >= 11 is 0. The minimum Gasteiger partial charge on any atom is -0.322 e. The first-order valence-electron chi connectivity index (χ1n) is 9.38. The van der Waals surface area contributed by atoms with Gasteiger partial charge in [0, 0.05) is 18.3 Å². The van der Waals surface area contributed by atoms with Gasteiger partial charge >= 0.3 is 0 Å². The number of nitrogens with zero attached hydrogens (tertiary/aromatic N) is 1. The van der Waals surface area contributed by atoms with E-state index in [2.05, 4.69) is 12.2 Å². The molecule has 0 heterocycles. The Kier molecular flexibility index (Phi) is 6.03. The van der Waals surface area contributed by atoms with Crippen molar-refractivity contribution in [2.24, 2.45) is 0 Å². The third-order valence-corrected chi connectivity index (χ3v) is 6.62. The van der Waals surface area contributed by atoms with Gasteiger partial charge in [0.2, 0.25) is 0 Å². The lowest BCUT2D eigenvalue weighted by atomic mass is 10.1. The smallest absolute Gasteiger partial charge is 0.264 e. The average Bonchev–Trinajstić information content (AvgIpc) is 2.74. The summed E-state index contributed by atoms with van der Waals surface area (Å²) in [6.07, 6.45) is 0.928. The highest BCUT2D eigenvalue weighted by Gasteiger charge is 2.23. The summed E-state index contributed by atoms with van der Waals surface area (Å²) in [5, 5.41) is 2.86. The Labute approximate surface area is 172 Å². The molecule has 29 heavy (non-hydrogen) atoms. The van der Waals surface area contributed by atoms with Crippen LogP contribution in [0.15, 0.2) is 77.7 Å². The van der Waals surface area contributed by atoms with E-state index in [0.717, 1.165) is 12.0 Å². The van der Waals surface area contributed by atoms with Crippen molar-refractivity contribution in [1.29, 1.82) is 0 Å². The van der Waals surface area contributed by atoms with E-state index in [1.165, 1.54) is 16.9 Å². The minimum absolute atomic E-state index is 0.202. The molecule has 150 valence electrons. The van der Waals surface area contributed by atoms with Gasteiger partial charge in [-0.05, 0) is 60.9 Å². The van der Waals surface area contributed by atoms with E-state index in [-0.39, 0.29) is 10.8 Å². The normalized spacial score (nSPS) is 11.1. The Morgan fingerprint density at radius 2 is 1.62 bits per heavy atom. The highest BCUT2D eigenvalue weighted by atomic mass is 32.2. The topological polar surface area (TPSA) is 66.5 Å². The second-order valence-electron chi connectivity index (χ2n) is 6.79. The molecule has 3 aromatic carbocycles. The Bertz CT molecular complexity index is 1110. The van der Waals surface area contributed by atoms with Gasteiger partial charge in [-0.2, -0.15) is 0 Å². The van der Waals surface area contributed by atoms with E-state index in [9.17, 15) is 13.2 Å². The molecule has 0 saturated heterocycles. The van der Waals surface area contributed by atoms with E-state index in [1.54, 1.807) is 48.5 Å². The highest BCUT2D eigenvalue weighted by Crippen LogP contribution is 2.27. The van der Waals surface area contributed by atoms with Gasteiger partial charge in [-0.25, -0.2) is 8.42 Å². The van der Waals surface area contributed by atoms with Gasteiger partial charge in [0.25, 0.3) is 15.9 Å². The van der Waals surface area contributed by atoms with E-state index < -0.39 is 10.0 Å². The summed E-state index contributed by atoms with van der Waals surface area (Å²) < 4.78 is 27.1. The fourth-order valence-electron chi connectivity index (χ4n) is 3.00. The second-order valence-corrected chi connectivity index (χ2v) is 8.76. The number of amides is 1. The zero-order valence-electron chi connectivity index (χ0n) is 16.7. The predicted octanol–water partition coefficient (Wildman–Crippen LogP) is 4.63. The molecule has 0 bridgehead atoms. The molecule has 5 nitrogen and oxygen atoms in total. The number of anilines is 2. The molecule has 1 N–H and O–H groups in total. The van der Waals surface area contributed by atoms with Crippen LogP contribution in [0.3, 0.4) is 0 Å². The van der Waals surface area contributed by atoms with Crippen molar-refractivity contribution in [3.8, 4) is 0 Å². The molecule has 0 unspecified atom stereocenters. The molecule has 3 rings (SSSR count). The van der Waals surface area contributed by atoms with E-state index in [4.69, 9.17) is 0 Å². The maximum Gasteiger partial charge on any atom is 0.264 e. The van der Waals surface area contributed by atoms with Gasteiger partial charge in [0.15, 0.2) is 0 Å². The maximum atomic E-state index is 12.9. The van der Waals surface area contributed by atoms with Crippen molar-refractivity contribution in [1.82, 2.24) is 0 Å². The van der Waals surface area contributed by atoms with Gasteiger partial charge in [0.05, 0.1) is 10.6 Å². The van der Waals surface area contributed by atoms with Gasteiger partial charge < -0.3 is 5.32 Å². The van der Waals surface area contributed by atoms with Crippen LogP contribution in [0.4, 0.5) is 11.4 Å². The number of rotatable bonds is 6. The van der Waals surface area contributed by atoms with Crippen LogP contribution in [0.1, 0.15) is 28.4 Å². The van der Waals surface area contributed by atoms with Crippen molar-refractivity contribution in [3.05, 3.63) is 89.5 Å². The SMILES string of the molecule is CCc1ccc(NC(=O)c2ccc(C)c(N(C)S(=O)(=O)c3ccccc3)c2)cc1. The van der Waals surface area contributed by atoms with Crippen LogP contribution in [0.2, 0.25) is 0 Å². The average molecular weight is 409 g/mol. The van der Waals surface area contributed by atoms with Crippen LogP contribution in [-0.4, -0.2) is 21.4 Å². The monoisotopic (exact) mass is 408 g/mol.